The number of phosphoric ester groups is 1. The zero-order valence-electron chi connectivity index (χ0n) is 35.7. The van der Waals surface area contributed by atoms with E-state index < -0.39 is 75.7 Å². The van der Waals surface area contributed by atoms with Crippen LogP contribution in [0, 0.1) is 0 Å². The second-order valence-corrected chi connectivity index (χ2v) is 17.7. The molecule has 1 aliphatic rings. The largest absolute Gasteiger partial charge is 0.472 e. The summed E-state index contributed by atoms with van der Waals surface area (Å²) in [5, 5.41) is 50.1. The van der Waals surface area contributed by atoms with Crippen LogP contribution in [0.1, 0.15) is 206 Å². The molecule has 8 atom stereocenters. The molecule has 14 heteroatoms. The molecule has 0 heterocycles. The van der Waals surface area contributed by atoms with E-state index in [0.717, 1.165) is 38.5 Å². The van der Waals surface area contributed by atoms with Crippen molar-refractivity contribution in [1.29, 1.82) is 0 Å². The Hall–Kier alpha value is -1.15. The topological polar surface area (TPSA) is 210 Å². The maximum atomic E-state index is 12.8. The summed E-state index contributed by atoms with van der Waals surface area (Å²) in [4.78, 5) is 35.6. The van der Waals surface area contributed by atoms with E-state index in [-0.39, 0.29) is 12.8 Å². The van der Waals surface area contributed by atoms with Gasteiger partial charge in [-0.1, -0.05) is 181 Å². The van der Waals surface area contributed by atoms with Crippen LogP contribution in [0.3, 0.4) is 0 Å². The summed E-state index contributed by atoms with van der Waals surface area (Å²) in [7, 11) is -5.11. The highest BCUT2D eigenvalue weighted by Crippen LogP contribution is 2.47. The Morgan fingerprint density at radius 2 is 0.789 bits per heavy atom. The fourth-order valence-corrected chi connectivity index (χ4v) is 8.20. The highest BCUT2D eigenvalue weighted by Gasteiger charge is 2.51. The normalized spacial score (nSPS) is 22.6. The Balaban J connectivity index is 2.44. The molecule has 0 aliphatic heterocycles. The Morgan fingerprint density at radius 3 is 1.16 bits per heavy atom. The number of aliphatic hydroxyl groups excluding tert-OH is 5. The summed E-state index contributed by atoms with van der Waals surface area (Å²) >= 11 is 0. The summed E-state index contributed by atoms with van der Waals surface area (Å²) in [6.45, 7) is 3.31. The van der Waals surface area contributed by atoms with Gasteiger partial charge in [0.15, 0.2) is 6.10 Å². The second kappa shape index (κ2) is 34.6. The van der Waals surface area contributed by atoms with Crippen molar-refractivity contribution in [3.8, 4) is 0 Å². The van der Waals surface area contributed by atoms with E-state index in [9.17, 15) is 44.6 Å². The summed E-state index contributed by atoms with van der Waals surface area (Å²) < 4.78 is 33.5. The zero-order valence-corrected chi connectivity index (χ0v) is 36.6. The molecule has 0 aromatic heterocycles. The van der Waals surface area contributed by atoms with Gasteiger partial charge in [-0.15, -0.1) is 0 Å². The first-order valence-corrected chi connectivity index (χ1v) is 24.3. The van der Waals surface area contributed by atoms with Crippen molar-refractivity contribution >= 4 is 19.8 Å². The lowest BCUT2D eigenvalue weighted by Crippen LogP contribution is -2.64. The maximum absolute atomic E-state index is 12.8. The molecule has 1 rings (SSSR count). The van der Waals surface area contributed by atoms with Crippen LogP contribution < -0.4 is 0 Å². The van der Waals surface area contributed by atoms with Gasteiger partial charge in [0.05, 0.1) is 6.61 Å². The molecular weight excluding hydrogens is 755 g/mol. The van der Waals surface area contributed by atoms with Gasteiger partial charge in [-0.3, -0.25) is 18.6 Å². The van der Waals surface area contributed by atoms with E-state index in [0.29, 0.717) is 12.8 Å². The molecule has 1 fully saturated rings. The summed E-state index contributed by atoms with van der Waals surface area (Å²) in [5.74, 6) is -1.09. The molecule has 0 aromatic carbocycles. The lowest BCUT2D eigenvalue weighted by atomic mass is 9.85. The van der Waals surface area contributed by atoms with Gasteiger partial charge in [-0.05, 0) is 12.8 Å². The van der Waals surface area contributed by atoms with Gasteiger partial charge in [-0.25, -0.2) is 4.57 Å². The van der Waals surface area contributed by atoms with E-state index in [1.807, 2.05) is 0 Å². The number of rotatable bonds is 38. The summed E-state index contributed by atoms with van der Waals surface area (Å²) in [6, 6.07) is 0. The van der Waals surface area contributed by atoms with E-state index in [1.165, 1.54) is 128 Å². The van der Waals surface area contributed by atoms with E-state index in [1.54, 1.807) is 0 Å². The van der Waals surface area contributed by atoms with Crippen LogP contribution in [0.4, 0.5) is 0 Å². The number of hydrogen-bond donors (Lipinski definition) is 6. The molecule has 0 aromatic rings. The molecule has 338 valence electrons. The van der Waals surface area contributed by atoms with Gasteiger partial charge >= 0.3 is 19.8 Å². The minimum atomic E-state index is -5.11. The molecule has 6 N–H and O–H groups in total. The average Bonchev–Trinajstić information content (AvgIpc) is 3.19. The average molecular weight is 839 g/mol. The van der Waals surface area contributed by atoms with Gasteiger partial charge in [0.1, 0.15) is 43.2 Å². The lowest BCUT2D eigenvalue weighted by Gasteiger charge is -2.41. The zero-order chi connectivity index (χ0) is 42.2. The number of aliphatic hydroxyl groups is 5. The number of hydrogen-bond acceptors (Lipinski definition) is 12. The second-order valence-electron chi connectivity index (χ2n) is 16.3. The monoisotopic (exact) mass is 839 g/mol. The van der Waals surface area contributed by atoms with Crippen LogP contribution in [-0.4, -0.2) is 98.3 Å². The molecule has 1 aliphatic carbocycles. The number of unbranched alkanes of at least 4 members (excludes halogenated alkanes) is 26. The molecule has 0 saturated heterocycles. The fraction of sp³-hybridized carbons (Fsp3) is 0.953. The highest BCUT2D eigenvalue weighted by molar-refractivity contribution is 7.47. The Bertz CT molecular complexity index is 1020. The standard InChI is InChI=1S/C43H83O13P/c1-3-5-7-9-11-13-15-17-18-19-20-22-23-25-27-29-31-36(44)53-33-35(55-37(45)32-30-28-26-24-21-16-14-12-10-8-6-4-2)34-54-57(51,52)56-43-41(49)39(47)38(46)40(48)42(43)50/h35,38-43,46-50H,3-34H2,1-2H3,(H,51,52)/t35-,38?,39-,40?,41?,42?,43?/m1/s1. The number of esters is 2. The van der Waals surface area contributed by atoms with Crippen molar-refractivity contribution < 1.29 is 63.1 Å². The first-order chi connectivity index (χ1) is 27.4. The van der Waals surface area contributed by atoms with Gasteiger partial charge in [0, 0.05) is 12.8 Å². The predicted molar refractivity (Wildman–Crippen MR) is 221 cm³/mol. The van der Waals surface area contributed by atoms with Crippen molar-refractivity contribution in [3.63, 3.8) is 0 Å². The number of ether oxygens (including phenoxy) is 2. The van der Waals surface area contributed by atoms with Crippen LogP contribution >= 0.6 is 7.82 Å². The minimum absolute atomic E-state index is 0.104. The van der Waals surface area contributed by atoms with Gasteiger partial charge in [0.25, 0.3) is 0 Å². The Labute approximate surface area is 344 Å². The summed E-state index contributed by atoms with van der Waals surface area (Å²) in [5.41, 5.74) is 0. The fourth-order valence-electron chi connectivity index (χ4n) is 7.23. The molecule has 0 amide bonds. The van der Waals surface area contributed by atoms with E-state index in [2.05, 4.69) is 13.8 Å². The minimum Gasteiger partial charge on any atom is -0.462 e. The van der Waals surface area contributed by atoms with Crippen molar-refractivity contribution in [1.82, 2.24) is 0 Å². The van der Waals surface area contributed by atoms with Crippen molar-refractivity contribution in [2.24, 2.45) is 0 Å². The third-order valence-corrected chi connectivity index (χ3v) is 11.9. The molecular formula is C43H83O13P. The predicted octanol–water partition coefficient (Wildman–Crippen LogP) is 8.50. The number of carbonyl (C=O) groups excluding carboxylic acids is 2. The summed E-state index contributed by atoms with van der Waals surface area (Å²) in [6.07, 6.45) is 20.2. The molecule has 0 spiro atoms. The van der Waals surface area contributed by atoms with Crippen LogP contribution in [0.5, 0.6) is 0 Å². The molecule has 6 unspecified atom stereocenters. The highest BCUT2D eigenvalue weighted by atomic mass is 31.2. The number of carbonyl (C=O) groups is 2. The molecule has 0 radical (unpaired) electrons. The van der Waals surface area contributed by atoms with E-state index >= 15 is 0 Å². The molecule has 57 heavy (non-hydrogen) atoms. The van der Waals surface area contributed by atoms with Crippen LogP contribution in [0.2, 0.25) is 0 Å². The van der Waals surface area contributed by atoms with Crippen LogP contribution in [-0.2, 0) is 32.7 Å². The van der Waals surface area contributed by atoms with Crippen LogP contribution in [0.25, 0.3) is 0 Å². The third-order valence-electron chi connectivity index (χ3n) is 10.9. The SMILES string of the molecule is CCCCCCCCCCCCCCCCCCC(=O)OC[C@H](COP(=O)(O)OC1C(O)C(O)C(O)[C@@H](O)C1O)OC(=O)CCCCCCCCCCCCCC. The first kappa shape index (κ1) is 53.9. The first-order valence-electron chi connectivity index (χ1n) is 22.8. The lowest BCUT2D eigenvalue weighted by molar-refractivity contribution is -0.220. The van der Waals surface area contributed by atoms with Gasteiger partial charge in [-0.2, -0.15) is 0 Å². The third kappa shape index (κ3) is 27.3. The molecule has 13 nitrogen and oxygen atoms in total. The smallest absolute Gasteiger partial charge is 0.462 e. The van der Waals surface area contributed by atoms with Crippen molar-refractivity contribution in [2.45, 2.75) is 249 Å². The van der Waals surface area contributed by atoms with Crippen LogP contribution in [0.15, 0.2) is 0 Å². The Morgan fingerprint density at radius 1 is 0.474 bits per heavy atom. The quantitative estimate of drug-likeness (QED) is 0.0196. The van der Waals surface area contributed by atoms with Gasteiger partial charge < -0.3 is 39.9 Å². The number of phosphoric acid groups is 1. The van der Waals surface area contributed by atoms with Crippen molar-refractivity contribution in [2.75, 3.05) is 13.2 Å². The van der Waals surface area contributed by atoms with Gasteiger partial charge in [0.2, 0.25) is 0 Å². The molecule has 1 saturated carbocycles. The van der Waals surface area contributed by atoms with E-state index in [4.69, 9.17) is 18.5 Å². The molecule has 0 bridgehead atoms. The van der Waals surface area contributed by atoms with Crippen molar-refractivity contribution in [3.05, 3.63) is 0 Å². The Kier molecular flexibility index (Phi) is 32.7. The maximum Gasteiger partial charge on any atom is 0.472 e.